The fourth-order valence-electron chi connectivity index (χ4n) is 3.27. The average molecular weight is 470 g/mol. The van der Waals surface area contributed by atoms with Gasteiger partial charge in [-0.25, -0.2) is 15.0 Å². The van der Waals surface area contributed by atoms with Crippen molar-refractivity contribution in [2.45, 2.75) is 6.54 Å². The van der Waals surface area contributed by atoms with Crippen LogP contribution in [0.25, 0.3) is 11.3 Å². The molecule has 35 heavy (non-hydrogen) atoms. The highest BCUT2D eigenvalue weighted by molar-refractivity contribution is 5.76. The van der Waals surface area contributed by atoms with Gasteiger partial charge in [-0.2, -0.15) is 0 Å². The molecular weight excluding hydrogens is 448 g/mol. The number of nitrogens with zero attached hydrogens (tertiary/aromatic N) is 6. The second kappa shape index (κ2) is 11.3. The lowest BCUT2D eigenvalue weighted by Crippen LogP contribution is -2.20. The molecule has 0 aliphatic carbocycles. The molecule has 11 heteroatoms. The maximum Gasteiger partial charge on any atom is 0.287 e. The number of amides is 1. The molecule has 0 saturated heterocycles. The fourth-order valence-corrected chi connectivity index (χ4v) is 3.27. The summed E-state index contributed by atoms with van der Waals surface area (Å²) in [5.74, 6) is 1.01. The third-order valence-corrected chi connectivity index (χ3v) is 5.03. The van der Waals surface area contributed by atoms with Crippen LogP contribution < -0.4 is 15.5 Å². The maximum atomic E-state index is 11.6. The summed E-state index contributed by atoms with van der Waals surface area (Å²) in [6.45, 7) is 1.47. The van der Waals surface area contributed by atoms with Crippen LogP contribution in [0, 0.1) is 10.1 Å². The number of carbonyl (C=O) groups excluding carboxylic acids is 1. The Balaban J connectivity index is 1.33. The molecule has 4 rings (SSSR count). The molecule has 2 N–H and O–H groups in total. The molecule has 0 spiro atoms. The highest BCUT2D eigenvalue weighted by Crippen LogP contribution is 2.23. The summed E-state index contributed by atoms with van der Waals surface area (Å²) in [5.41, 5.74) is 3.28. The van der Waals surface area contributed by atoms with Gasteiger partial charge in [0.2, 0.25) is 12.4 Å². The number of hydrogen-bond acceptors (Lipinski definition) is 9. The van der Waals surface area contributed by atoms with Gasteiger partial charge in [0.25, 0.3) is 5.69 Å². The molecule has 3 aromatic heterocycles. The van der Waals surface area contributed by atoms with Crippen LogP contribution in [0.3, 0.4) is 0 Å². The van der Waals surface area contributed by atoms with Crippen molar-refractivity contribution in [1.29, 1.82) is 0 Å². The molecule has 0 radical (unpaired) electrons. The van der Waals surface area contributed by atoms with Gasteiger partial charge in [-0.15, -0.1) is 0 Å². The lowest BCUT2D eigenvalue weighted by Gasteiger charge is -2.17. The van der Waals surface area contributed by atoms with E-state index in [4.69, 9.17) is 0 Å². The minimum absolute atomic E-state index is 0.0562. The molecule has 0 bridgehead atoms. The van der Waals surface area contributed by atoms with Gasteiger partial charge in [-0.05, 0) is 35.9 Å². The van der Waals surface area contributed by atoms with E-state index in [2.05, 4.69) is 30.6 Å². The van der Waals surface area contributed by atoms with Crippen LogP contribution in [0.2, 0.25) is 0 Å². The van der Waals surface area contributed by atoms with Gasteiger partial charge in [0.1, 0.15) is 12.0 Å². The van der Waals surface area contributed by atoms with Crippen LogP contribution in [0.4, 0.5) is 23.1 Å². The molecule has 0 saturated carbocycles. The maximum absolute atomic E-state index is 11.6. The minimum atomic E-state index is -0.489. The summed E-state index contributed by atoms with van der Waals surface area (Å²) in [7, 11) is 0. The predicted molar refractivity (Wildman–Crippen MR) is 132 cm³/mol. The lowest BCUT2D eigenvalue weighted by atomic mass is 10.1. The Labute approximate surface area is 201 Å². The highest BCUT2D eigenvalue weighted by Gasteiger charge is 2.09. The number of anilines is 3. The molecule has 1 aromatic carbocycles. The molecule has 0 aliphatic heterocycles. The first kappa shape index (κ1) is 23.2. The zero-order valence-electron chi connectivity index (χ0n) is 18.6. The largest absolute Gasteiger partial charge is 0.368 e. The van der Waals surface area contributed by atoms with Gasteiger partial charge in [0.05, 0.1) is 17.2 Å². The lowest BCUT2D eigenvalue weighted by molar-refractivity contribution is -0.385. The molecule has 0 unspecified atom stereocenters. The standard InChI is InChI=1S/C24H22N8O3/c33-17-31(16-18-2-1-10-25-14-18)20-5-3-19(4-6-20)22-9-11-27-24(30-22)28-13-12-26-23-8-7-21(15-29-23)32(34)35/h1-11,14-15,17H,12-13,16H2,(H,26,29)(H,27,28,30). The molecule has 4 aromatic rings. The zero-order chi connectivity index (χ0) is 24.5. The number of nitrogens with one attached hydrogen (secondary N) is 2. The van der Waals surface area contributed by atoms with E-state index in [0.717, 1.165) is 28.9 Å². The zero-order valence-corrected chi connectivity index (χ0v) is 18.6. The average Bonchev–Trinajstić information content (AvgIpc) is 2.91. The third-order valence-electron chi connectivity index (χ3n) is 5.03. The van der Waals surface area contributed by atoms with Crippen LogP contribution in [-0.4, -0.2) is 44.4 Å². The van der Waals surface area contributed by atoms with E-state index in [1.54, 1.807) is 29.6 Å². The quantitative estimate of drug-likeness (QED) is 0.146. The van der Waals surface area contributed by atoms with Gasteiger partial charge in [-0.3, -0.25) is 19.9 Å². The molecule has 0 aliphatic rings. The molecule has 11 nitrogen and oxygen atoms in total. The number of benzene rings is 1. The summed E-state index contributed by atoms with van der Waals surface area (Å²) in [5, 5.41) is 16.9. The predicted octanol–water partition coefficient (Wildman–Crippen LogP) is 3.53. The minimum Gasteiger partial charge on any atom is -0.368 e. The summed E-state index contributed by atoms with van der Waals surface area (Å²) < 4.78 is 0. The van der Waals surface area contributed by atoms with E-state index in [1.165, 1.54) is 12.3 Å². The molecular formula is C24H22N8O3. The van der Waals surface area contributed by atoms with Gasteiger partial charge in [0.15, 0.2) is 0 Å². The summed E-state index contributed by atoms with van der Waals surface area (Å²) in [4.78, 5) is 40.3. The van der Waals surface area contributed by atoms with Crippen molar-refractivity contribution in [3.05, 3.63) is 95.1 Å². The van der Waals surface area contributed by atoms with Crippen molar-refractivity contribution in [3.8, 4) is 11.3 Å². The first-order valence-corrected chi connectivity index (χ1v) is 10.7. The Bertz CT molecular complexity index is 1270. The number of aromatic nitrogens is 4. The van der Waals surface area contributed by atoms with E-state index in [9.17, 15) is 14.9 Å². The normalized spacial score (nSPS) is 10.4. The number of carbonyl (C=O) groups is 1. The van der Waals surface area contributed by atoms with E-state index in [1.807, 2.05) is 42.5 Å². The van der Waals surface area contributed by atoms with Crippen LogP contribution >= 0.6 is 0 Å². The molecule has 0 atom stereocenters. The Hall–Kier alpha value is -4.93. The topological polar surface area (TPSA) is 139 Å². The van der Waals surface area contributed by atoms with Gasteiger partial charge >= 0.3 is 0 Å². The van der Waals surface area contributed by atoms with Gasteiger partial charge < -0.3 is 15.5 Å². The SMILES string of the molecule is O=CN(Cc1cccnc1)c1ccc(-c2ccnc(NCCNc3ccc([N+](=O)[O-])cn3)n2)cc1. The Kier molecular flexibility index (Phi) is 7.49. The van der Waals surface area contributed by atoms with Crippen molar-refractivity contribution in [1.82, 2.24) is 19.9 Å². The van der Waals surface area contributed by atoms with Crippen LogP contribution in [-0.2, 0) is 11.3 Å². The first-order chi connectivity index (χ1) is 17.1. The number of hydrogen-bond donors (Lipinski definition) is 2. The second-order valence-electron chi connectivity index (χ2n) is 7.42. The van der Waals surface area contributed by atoms with Gasteiger partial charge in [-0.1, -0.05) is 18.2 Å². The molecule has 1 amide bonds. The van der Waals surface area contributed by atoms with Crippen LogP contribution in [0.5, 0.6) is 0 Å². The fraction of sp³-hybridized carbons (Fsp3) is 0.125. The molecule has 176 valence electrons. The third kappa shape index (κ3) is 6.32. The smallest absolute Gasteiger partial charge is 0.287 e. The van der Waals surface area contributed by atoms with Crippen molar-refractivity contribution < 1.29 is 9.72 Å². The van der Waals surface area contributed by atoms with E-state index >= 15 is 0 Å². The number of rotatable bonds is 11. The molecule has 0 fully saturated rings. The summed E-state index contributed by atoms with van der Waals surface area (Å²) in [6.07, 6.45) is 7.11. The monoisotopic (exact) mass is 470 g/mol. The molecule has 3 heterocycles. The van der Waals surface area contributed by atoms with E-state index < -0.39 is 4.92 Å². The van der Waals surface area contributed by atoms with E-state index in [0.29, 0.717) is 31.4 Å². The first-order valence-electron chi connectivity index (χ1n) is 10.7. The summed E-state index contributed by atoms with van der Waals surface area (Å²) in [6, 6.07) is 16.1. The van der Waals surface area contributed by atoms with Crippen molar-refractivity contribution in [2.24, 2.45) is 0 Å². The van der Waals surface area contributed by atoms with Gasteiger partial charge in [0, 0.05) is 49.0 Å². The van der Waals surface area contributed by atoms with Crippen LogP contribution in [0.1, 0.15) is 5.56 Å². The second-order valence-corrected chi connectivity index (χ2v) is 7.42. The summed E-state index contributed by atoms with van der Waals surface area (Å²) >= 11 is 0. The number of pyridine rings is 2. The van der Waals surface area contributed by atoms with Crippen molar-refractivity contribution in [3.63, 3.8) is 0 Å². The van der Waals surface area contributed by atoms with Crippen molar-refractivity contribution in [2.75, 3.05) is 28.6 Å². The van der Waals surface area contributed by atoms with Crippen LogP contribution in [0.15, 0.2) is 79.4 Å². The number of nitro groups is 1. The van der Waals surface area contributed by atoms with Crippen molar-refractivity contribution >= 4 is 29.6 Å². The Morgan fingerprint density at radius 2 is 1.77 bits per heavy atom. The highest BCUT2D eigenvalue weighted by atomic mass is 16.6. The Morgan fingerprint density at radius 3 is 2.46 bits per heavy atom. The van der Waals surface area contributed by atoms with E-state index in [-0.39, 0.29) is 5.69 Å². The Morgan fingerprint density at radius 1 is 0.943 bits per heavy atom.